The lowest BCUT2D eigenvalue weighted by Gasteiger charge is -2.28. The number of nitrogens with one attached hydrogen (secondary N) is 1. The standard InChI is InChI=1S/C10H18F3N/c1-9(2)5-3-4-8(9)14-7-6-10(11,12)13/h8,14H,3-7H2,1-2H3. The summed E-state index contributed by atoms with van der Waals surface area (Å²) in [6.45, 7) is 4.29. The average molecular weight is 209 g/mol. The van der Waals surface area contributed by atoms with Gasteiger partial charge in [-0.25, -0.2) is 0 Å². The Balaban J connectivity index is 2.25. The fourth-order valence-electron chi connectivity index (χ4n) is 2.09. The highest BCUT2D eigenvalue weighted by Gasteiger charge is 2.35. The summed E-state index contributed by atoms with van der Waals surface area (Å²) in [7, 11) is 0. The van der Waals surface area contributed by atoms with Crippen molar-refractivity contribution in [1.29, 1.82) is 0 Å². The molecule has 1 aliphatic carbocycles. The van der Waals surface area contributed by atoms with Crippen LogP contribution < -0.4 is 5.32 Å². The van der Waals surface area contributed by atoms with Gasteiger partial charge in [0.1, 0.15) is 0 Å². The molecule has 0 aromatic heterocycles. The Bertz CT molecular complexity index is 186. The van der Waals surface area contributed by atoms with Gasteiger partial charge in [-0.2, -0.15) is 13.2 Å². The highest BCUT2D eigenvalue weighted by atomic mass is 19.4. The van der Waals surface area contributed by atoms with E-state index in [1.54, 1.807) is 0 Å². The zero-order valence-corrected chi connectivity index (χ0v) is 8.75. The van der Waals surface area contributed by atoms with Crippen LogP contribution in [0.5, 0.6) is 0 Å². The molecule has 1 nitrogen and oxygen atoms in total. The minimum atomic E-state index is -4.03. The zero-order valence-electron chi connectivity index (χ0n) is 8.75. The van der Waals surface area contributed by atoms with Crippen LogP contribution in [0, 0.1) is 5.41 Å². The molecule has 1 saturated carbocycles. The molecule has 0 heterocycles. The predicted molar refractivity (Wildman–Crippen MR) is 50.1 cm³/mol. The summed E-state index contributed by atoms with van der Waals surface area (Å²) >= 11 is 0. The Morgan fingerprint density at radius 1 is 1.36 bits per heavy atom. The van der Waals surface area contributed by atoms with Gasteiger partial charge in [0, 0.05) is 12.6 Å². The Labute approximate surface area is 83.1 Å². The van der Waals surface area contributed by atoms with Crippen molar-refractivity contribution in [3.63, 3.8) is 0 Å². The van der Waals surface area contributed by atoms with Gasteiger partial charge >= 0.3 is 6.18 Å². The minimum Gasteiger partial charge on any atom is -0.313 e. The SMILES string of the molecule is CC1(C)CCCC1NCCC(F)(F)F. The Kier molecular flexibility index (Phi) is 3.45. The molecule has 0 spiro atoms. The molecule has 0 bridgehead atoms. The van der Waals surface area contributed by atoms with E-state index in [4.69, 9.17) is 0 Å². The van der Waals surface area contributed by atoms with Crippen LogP contribution in [0.2, 0.25) is 0 Å². The van der Waals surface area contributed by atoms with Crippen molar-refractivity contribution >= 4 is 0 Å². The van der Waals surface area contributed by atoms with Crippen LogP contribution >= 0.6 is 0 Å². The van der Waals surface area contributed by atoms with Gasteiger partial charge in [-0.05, 0) is 18.3 Å². The molecule has 0 amide bonds. The zero-order chi connectivity index (χ0) is 10.8. The molecule has 1 N–H and O–H groups in total. The van der Waals surface area contributed by atoms with E-state index in [-0.39, 0.29) is 18.0 Å². The third-order valence-electron chi connectivity index (χ3n) is 3.06. The van der Waals surface area contributed by atoms with Gasteiger partial charge in [-0.3, -0.25) is 0 Å². The van der Waals surface area contributed by atoms with E-state index in [0.29, 0.717) is 0 Å². The van der Waals surface area contributed by atoms with Crippen molar-refractivity contribution in [1.82, 2.24) is 5.32 Å². The first-order chi connectivity index (χ1) is 6.31. The molecule has 84 valence electrons. The monoisotopic (exact) mass is 209 g/mol. The summed E-state index contributed by atoms with van der Waals surface area (Å²) in [5.74, 6) is 0. The molecular weight excluding hydrogens is 191 g/mol. The van der Waals surface area contributed by atoms with Gasteiger partial charge in [0.05, 0.1) is 6.42 Å². The molecule has 0 aliphatic heterocycles. The van der Waals surface area contributed by atoms with Crippen molar-refractivity contribution in [2.24, 2.45) is 5.41 Å². The first-order valence-corrected chi connectivity index (χ1v) is 5.11. The van der Waals surface area contributed by atoms with E-state index in [1.807, 2.05) is 0 Å². The van der Waals surface area contributed by atoms with Crippen LogP contribution in [0.15, 0.2) is 0 Å². The molecule has 0 saturated heterocycles. The molecule has 1 fully saturated rings. The van der Waals surface area contributed by atoms with Crippen LogP contribution in [-0.2, 0) is 0 Å². The fraction of sp³-hybridized carbons (Fsp3) is 1.00. The van der Waals surface area contributed by atoms with Crippen molar-refractivity contribution in [3.8, 4) is 0 Å². The average Bonchev–Trinajstić information content (AvgIpc) is 2.28. The van der Waals surface area contributed by atoms with Gasteiger partial charge in [0.15, 0.2) is 0 Å². The van der Waals surface area contributed by atoms with E-state index in [2.05, 4.69) is 19.2 Å². The molecule has 1 rings (SSSR count). The number of alkyl halides is 3. The first-order valence-electron chi connectivity index (χ1n) is 5.11. The first kappa shape index (κ1) is 11.8. The normalized spacial score (nSPS) is 26.8. The van der Waals surface area contributed by atoms with Gasteiger partial charge in [-0.1, -0.05) is 20.3 Å². The third-order valence-corrected chi connectivity index (χ3v) is 3.06. The van der Waals surface area contributed by atoms with Crippen LogP contribution in [0.1, 0.15) is 39.5 Å². The second-order valence-electron chi connectivity index (χ2n) is 4.75. The summed E-state index contributed by atoms with van der Waals surface area (Å²) in [6, 6.07) is 0.254. The molecule has 0 aromatic carbocycles. The fourth-order valence-corrected chi connectivity index (χ4v) is 2.09. The molecule has 1 aliphatic rings. The number of halogens is 3. The maximum absolute atomic E-state index is 11.9. The van der Waals surface area contributed by atoms with E-state index in [9.17, 15) is 13.2 Å². The maximum atomic E-state index is 11.9. The van der Waals surface area contributed by atoms with Gasteiger partial charge in [0.2, 0.25) is 0 Å². The second-order valence-corrected chi connectivity index (χ2v) is 4.75. The summed E-state index contributed by atoms with van der Waals surface area (Å²) < 4.78 is 35.6. The van der Waals surface area contributed by atoms with Gasteiger partial charge in [0.25, 0.3) is 0 Å². The smallest absolute Gasteiger partial charge is 0.313 e. The number of hydrogen-bond acceptors (Lipinski definition) is 1. The van der Waals surface area contributed by atoms with Crippen LogP contribution in [-0.4, -0.2) is 18.8 Å². The third kappa shape index (κ3) is 3.48. The van der Waals surface area contributed by atoms with Crippen LogP contribution in [0.3, 0.4) is 0 Å². The molecule has 4 heteroatoms. The molecule has 0 aromatic rings. The highest BCUT2D eigenvalue weighted by Crippen LogP contribution is 2.37. The van der Waals surface area contributed by atoms with E-state index in [1.165, 1.54) is 0 Å². The summed E-state index contributed by atoms with van der Waals surface area (Å²) in [5, 5.41) is 3.01. The molecule has 14 heavy (non-hydrogen) atoms. The summed E-state index contributed by atoms with van der Waals surface area (Å²) in [4.78, 5) is 0. The lowest BCUT2D eigenvalue weighted by molar-refractivity contribution is -0.133. The Morgan fingerprint density at radius 3 is 2.43 bits per heavy atom. The second kappa shape index (κ2) is 4.09. The molecular formula is C10H18F3N. The van der Waals surface area contributed by atoms with Crippen molar-refractivity contribution in [3.05, 3.63) is 0 Å². The van der Waals surface area contributed by atoms with E-state index < -0.39 is 12.6 Å². The topological polar surface area (TPSA) is 12.0 Å². The number of hydrogen-bond donors (Lipinski definition) is 1. The summed E-state index contributed by atoms with van der Waals surface area (Å²) in [6.07, 6.45) is -1.52. The van der Waals surface area contributed by atoms with Crippen LogP contribution in [0.25, 0.3) is 0 Å². The summed E-state index contributed by atoms with van der Waals surface area (Å²) in [5.41, 5.74) is 0.158. The van der Waals surface area contributed by atoms with Crippen LogP contribution in [0.4, 0.5) is 13.2 Å². The van der Waals surface area contributed by atoms with E-state index >= 15 is 0 Å². The van der Waals surface area contributed by atoms with Gasteiger partial charge < -0.3 is 5.32 Å². The minimum absolute atomic E-state index is 0.0532. The maximum Gasteiger partial charge on any atom is 0.390 e. The molecule has 1 atom stereocenters. The Hall–Kier alpha value is -0.250. The lowest BCUT2D eigenvalue weighted by Crippen LogP contribution is -2.39. The van der Waals surface area contributed by atoms with Gasteiger partial charge in [-0.15, -0.1) is 0 Å². The van der Waals surface area contributed by atoms with Crippen molar-refractivity contribution in [2.45, 2.75) is 51.7 Å². The lowest BCUT2D eigenvalue weighted by atomic mass is 9.87. The van der Waals surface area contributed by atoms with Crippen molar-refractivity contribution in [2.75, 3.05) is 6.54 Å². The number of rotatable bonds is 3. The predicted octanol–water partition coefficient (Wildman–Crippen LogP) is 3.11. The molecule has 1 unspecified atom stereocenters. The highest BCUT2D eigenvalue weighted by molar-refractivity contribution is 4.90. The van der Waals surface area contributed by atoms with E-state index in [0.717, 1.165) is 19.3 Å². The van der Waals surface area contributed by atoms with Crippen molar-refractivity contribution < 1.29 is 13.2 Å². The largest absolute Gasteiger partial charge is 0.390 e. The molecule has 0 radical (unpaired) electrons. The quantitative estimate of drug-likeness (QED) is 0.753. The Morgan fingerprint density at radius 2 is 2.00 bits per heavy atom.